The lowest BCUT2D eigenvalue weighted by molar-refractivity contribution is -0.173. The summed E-state index contributed by atoms with van der Waals surface area (Å²) in [5.74, 6) is 0.997. The lowest BCUT2D eigenvalue weighted by atomic mass is 9.87. The molecule has 2 N–H and O–H groups in total. The topological polar surface area (TPSA) is 77.4 Å². The fourth-order valence-electron chi connectivity index (χ4n) is 4.81. The van der Waals surface area contributed by atoms with Crippen molar-refractivity contribution in [2.45, 2.75) is 62.8 Å². The standard InChI is InChI=1S/C21H23F3N4O3/c1-12-8-17(21(22,23)24)28-18(25-12)10-14(27-28)19(29)26-20(6-2-3-7-20)13-4-5-15-16(9-13)31-11-30-15/h4-5,9-10,12,17,25H,2-3,6-8,11H2,1H3,(H,26,29). The van der Waals surface area contributed by atoms with E-state index < -0.39 is 23.7 Å². The van der Waals surface area contributed by atoms with Gasteiger partial charge in [0.15, 0.2) is 23.2 Å². The van der Waals surface area contributed by atoms with Gasteiger partial charge in [-0.15, -0.1) is 0 Å². The van der Waals surface area contributed by atoms with Gasteiger partial charge in [-0.2, -0.15) is 18.3 Å². The number of alkyl halides is 3. The molecule has 1 aromatic heterocycles. The molecule has 1 fully saturated rings. The Morgan fingerprint density at radius 1 is 1.23 bits per heavy atom. The largest absolute Gasteiger partial charge is 0.454 e. The maximum atomic E-state index is 13.5. The Morgan fingerprint density at radius 2 is 1.97 bits per heavy atom. The number of amides is 1. The predicted octanol–water partition coefficient (Wildman–Crippen LogP) is 4.12. The van der Waals surface area contributed by atoms with Crippen LogP contribution in [0.3, 0.4) is 0 Å². The summed E-state index contributed by atoms with van der Waals surface area (Å²) < 4.78 is 52.3. The van der Waals surface area contributed by atoms with Gasteiger partial charge in [-0.3, -0.25) is 4.79 Å². The number of rotatable bonds is 3. The van der Waals surface area contributed by atoms with Crippen LogP contribution in [0.1, 0.15) is 61.1 Å². The van der Waals surface area contributed by atoms with Crippen LogP contribution in [-0.4, -0.2) is 34.7 Å². The third-order valence-electron chi connectivity index (χ3n) is 6.35. The Hall–Kier alpha value is -2.91. The van der Waals surface area contributed by atoms with E-state index in [4.69, 9.17) is 9.47 Å². The van der Waals surface area contributed by atoms with Gasteiger partial charge in [-0.25, -0.2) is 4.68 Å². The Labute approximate surface area is 176 Å². The van der Waals surface area contributed by atoms with Crippen LogP contribution in [0.2, 0.25) is 0 Å². The van der Waals surface area contributed by atoms with Crippen LogP contribution in [0.25, 0.3) is 0 Å². The van der Waals surface area contributed by atoms with Crippen LogP contribution in [0.4, 0.5) is 19.0 Å². The molecule has 2 aromatic rings. The zero-order valence-electron chi connectivity index (χ0n) is 17.0. The van der Waals surface area contributed by atoms with Crippen LogP contribution < -0.4 is 20.1 Å². The molecule has 0 saturated heterocycles. The minimum Gasteiger partial charge on any atom is -0.454 e. The van der Waals surface area contributed by atoms with Crippen LogP contribution in [0.5, 0.6) is 11.5 Å². The summed E-state index contributed by atoms with van der Waals surface area (Å²) in [4.78, 5) is 13.1. The highest BCUT2D eigenvalue weighted by Crippen LogP contribution is 2.43. The Kier molecular flexibility index (Phi) is 4.56. The third kappa shape index (κ3) is 3.47. The lowest BCUT2D eigenvalue weighted by Gasteiger charge is -2.31. The predicted molar refractivity (Wildman–Crippen MR) is 105 cm³/mol. The van der Waals surface area contributed by atoms with Gasteiger partial charge in [-0.1, -0.05) is 18.9 Å². The van der Waals surface area contributed by atoms with Crippen molar-refractivity contribution in [3.05, 3.63) is 35.5 Å². The van der Waals surface area contributed by atoms with E-state index in [1.54, 1.807) is 6.92 Å². The molecule has 1 aromatic carbocycles. The van der Waals surface area contributed by atoms with Crippen molar-refractivity contribution in [3.8, 4) is 11.5 Å². The molecule has 2 aliphatic heterocycles. The zero-order chi connectivity index (χ0) is 21.8. The van der Waals surface area contributed by atoms with Crippen molar-refractivity contribution in [3.63, 3.8) is 0 Å². The van der Waals surface area contributed by atoms with Crippen molar-refractivity contribution < 1.29 is 27.4 Å². The number of fused-ring (bicyclic) bond motifs is 2. The second-order valence-electron chi connectivity index (χ2n) is 8.51. The van der Waals surface area contributed by atoms with Gasteiger partial charge in [0.2, 0.25) is 6.79 Å². The van der Waals surface area contributed by atoms with Gasteiger partial charge >= 0.3 is 6.18 Å². The molecule has 1 saturated carbocycles. The molecule has 0 spiro atoms. The van der Waals surface area contributed by atoms with Crippen LogP contribution in [0, 0.1) is 0 Å². The maximum Gasteiger partial charge on any atom is 0.410 e. The number of benzene rings is 1. The number of nitrogens with zero attached hydrogens (tertiary/aromatic N) is 2. The molecular weight excluding hydrogens is 413 g/mol. The molecule has 1 aliphatic carbocycles. The quantitative estimate of drug-likeness (QED) is 0.757. The van der Waals surface area contributed by atoms with Gasteiger partial charge in [0.1, 0.15) is 5.82 Å². The fourth-order valence-corrected chi connectivity index (χ4v) is 4.81. The van der Waals surface area contributed by atoms with Gasteiger partial charge in [0.05, 0.1) is 5.54 Å². The minimum atomic E-state index is -4.44. The molecule has 1 amide bonds. The van der Waals surface area contributed by atoms with E-state index in [0.29, 0.717) is 11.5 Å². The van der Waals surface area contributed by atoms with Crippen molar-refractivity contribution in [2.24, 2.45) is 0 Å². The molecule has 10 heteroatoms. The first kappa shape index (κ1) is 20.0. The van der Waals surface area contributed by atoms with Crippen molar-refractivity contribution in [2.75, 3.05) is 12.1 Å². The number of ether oxygens (including phenoxy) is 2. The molecule has 5 rings (SSSR count). The number of halogens is 3. The number of anilines is 1. The molecule has 3 heterocycles. The van der Waals surface area contributed by atoms with Crippen LogP contribution in [0.15, 0.2) is 24.3 Å². The molecule has 0 radical (unpaired) electrons. The Morgan fingerprint density at radius 3 is 2.71 bits per heavy atom. The van der Waals surface area contributed by atoms with Gasteiger partial charge in [-0.05, 0) is 43.9 Å². The number of aromatic nitrogens is 2. The maximum absolute atomic E-state index is 13.5. The average Bonchev–Trinajstić information content (AvgIpc) is 3.45. The second kappa shape index (κ2) is 7.06. The molecule has 7 nitrogen and oxygen atoms in total. The molecule has 31 heavy (non-hydrogen) atoms. The summed E-state index contributed by atoms with van der Waals surface area (Å²) in [7, 11) is 0. The normalized spacial score (nSPS) is 23.9. The summed E-state index contributed by atoms with van der Waals surface area (Å²) in [5.41, 5.74) is 0.246. The first-order valence-electron chi connectivity index (χ1n) is 10.4. The molecule has 3 aliphatic rings. The van der Waals surface area contributed by atoms with Crippen LogP contribution in [-0.2, 0) is 5.54 Å². The third-order valence-corrected chi connectivity index (χ3v) is 6.35. The van der Waals surface area contributed by atoms with Crippen molar-refractivity contribution in [1.82, 2.24) is 15.1 Å². The number of carbonyl (C=O) groups excluding carboxylic acids is 1. The van der Waals surface area contributed by atoms with Crippen LogP contribution >= 0.6 is 0 Å². The lowest BCUT2D eigenvalue weighted by Crippen LogP contribution is -2.44. The summed E-state index contributed by atoms with van der Waals surface area (Å²) >= 11 is 0. The first-order chi connectivity index (χ1) is 14.7. The zero-order valence-corrected chi connectivity index (χ0v) is 17.0. The second-order valence-corrected chi connectivity index (χ2v) is 8.51. The van der Waals surface area contributed by atoms with Gasteiger partial charge in [0.25, 0.3) is 5.91 Å². The highest BCUT2D eigenvalue weighted by molar-refractivity contribution is 5.93. The highest BCUT2D eigenvalue weighted by Gasteiger charge is 2.46. The summed E-state index contributed by atoms with van der Waals surface area (Å²) in [5, 5.41) is 10.1. The van der Waals surface area contributed by atoms with Crippen molar-refractivity contribution in [1.29, 1.82) is 0 Å². The SMILES string of the molecule is CC1CC(C(F)(F)F)n2nc(C(=O)NC3(c4ccc5c(c4)OCO5)CCCC3)cc2N1. The van der Waals surface area contributed by atoms with Crippen molar-refractivity contribution >= 4 is 11.7 Å². The highest BCUT2D eigenvalue weighted by atomic mass is 19.4. The van der Waals surface area contributed by atoms with E-state index in [1.807, 2.05) is 18.2 Å². The molecule has 0 bridgehead atoms. The number of carbonyl (C=O) groups is 1. The Balaban J connectivity index is 1.44. The summed E-state index contributed by atoms with van der Waals surface area (Å²) in [6.45, 7) is 1.84. The van der Waals surface area contributed by atoms with E-state index in [9.17, 15) is 18.0 Å². The first-order valence-corrected chi connectivity index (χ1v) is 10.4. The van der Waals surface area contributed by atoms with E-state index in [2.05, 4.69) is 15.7 Å². The number of hydrogen-bond donors (Lipinski definition) is 2. The van der Waals surface area contributed by atoms with E-state index in [-0.39, 0.29) is 30.8 Å². The Bertz CT molecular complexity index is 1010. The molecular formula is C21H23F3N4O3. The minimum absolute atomic E-state index is 0.0298. The van der Waals surface area contributed by atoms with E-state index in [0.717, 1.165) is 35.9 Å². The van der Waals surface area contributed by atoms with E-state index >= 15 is 0 Å². The smallest absolute Gasteiger partial charge is 0.410 e. The fraction of sp³-hybridized carbons (Fsp3) is 0.524. The number of hydrogen-bond acceptors (Lipinski definition) is 5. The van der Waals surface area contributed by atoms with Gasteiger partial charge < -0.3 is 20.1 Å². The average molecular weight is 436 g/mol. The monoisotopic (exact) mass is 436 g/mol. The number of nitrogens with one attached hydrogen (secondary N) is 2. The molecule has 2 unspecified atom stereocenters. The van der Waals surface area contributed by atoms with Gasteiger partial charge in [0, 0.05) is 12.1 Å². The molecule has 166 valence electrons. The van der Waals surface area contributed by atoms with E-state index in [1.165, 1.54) is 6.07 Å². The molecule has 2 atom stereocenters. The summed E-state index contributed by atoms with van der Waals surface area (Å²) in [6, 6.07) is 4.86. The summed E-state index contributed by atoms with van der Waals surface area (Å²) in [6.07, 6.45) is -1.25.